The molecule has 2 aliphatic carbocycles. The van der Waals surface area contributed by atoms with E-state index in [-0.39, 0.29) is 5.41 Å². The van der Waals surface area contributed by atoms with Crippen molar-refractivity contribution in [2.75, 3.05) is 0 Å². The third-order valence-electron chi connectivity index (χ3n) is 12.3. The van der Waals surface area contributed by atoms with Gasteiger partial charge in [0.25, 0.3) is 0 Å². The number of hydrogen-bond donors (Lipinski definition) is 0. The fraction of sp³-hybridized carbons (Fsp3) is 0.0769. The van der Waals surface area contributed by atoms with Crippen molar-refractivity contribution in [2.45, 2.75) is 24.7 Å². The fourth-order valence-corrected chi connectivity index (χ4v) is 9.86. The van der Waals surface area contributed by atoms with Crippen molar-refractivity contribution in [3.05, 3.63) is 221 Å². The lowest BCUT2D eigenvalue weighted by Crippen LogP contribution is -2.28. The van der Waals surface area contributed by atoms with E-state index in [1.807, 2.05) is 0 Å². The lowest BCUT2D eigenvalue weighted by Gasteiger charge is -2.34. The summed E-state index contributed by atoms with van der Waals surface area (Å²) in [7, 11) is 0. The van der Waals surface area contributed by atoms with Crippen LogP contribution in [-0.2, 0) is 10.8 Å². The van der Waals surface area contributed by atoms with Gasteiger partial charge in [-0.2, -0.15) is 0 Å². The lowest BCUT2D eigenvalue weighted by atomic mass is 9.67. The third-order valence-corrected chi connectivity index (χ3v) is 12.3. The SMILES string of the molecule is CC1(C)c2cc(-c3ccc4c(c3)C(c3ccccc3)(c3ccccc3)c3ccccc3-4)ccc2-c2cc3c(cc21)c1ccccc1n3-c1ccccc1. The molecule has 1 aromatic heterocycles. The molecule has 53 heavy (non-hydrogen) atoms. The van der Waals surface area contributed by atoms with Crippen LogP contribution in [0.2, 0.25) is 0 Å². The van der Waals surface area contributed by atoms with Crippen LogP contribution in [0.4, 0.5) is 0 Å². The van der Waals surface area contributed by atoms with Crippen molar-refractivity contribution in [1.82, 2.24) is 4.57 Å². The minimum Gasteiger partial charge on any atom is -0.309 e. The minimum absolute atomic E-state index is 0.157. The molecule has 9 aromatic rings. The quantitative estimate of drug-likeness (QED) is 0.175. The minimum atomic E-state index is -0.418. The highest BCUT2D eigenvalue weighted by atomic mass is 15.0. The number of nitrogens with zero attached hydrogens (tertiary/aromatic N) is 1. The first-order valence-electron chi connectivity index (χ1n) is 18.7. The summed E-state index contributed by atoms with van der Waals surface area (Å²) in [6.45, 7) is 4.80. The van der Waals surface area contributed by atoms with Crippen LogP contribution in [0.1, 0.15) is 47.2 Å². The molecule has 0 saturated heterocycles. The van der Waals surface area contributed by atoms with E-state index in [0.29, 0.717) is 0 Å². The van der Waals surface area contributed by atoms with Crippen LogP contribution in [0, 0.1) is 0 Å². The van der Waals surface area contributed by atoms with Gasteiger partial charge in [0.05, 0.1) is 16.4 Å². The smallest absolute Gasteiger partial charge is 0.0713 e. The van der Waals surface area contributed by atoms with Gasteiger partial charge in [-0.05, 0) is 109 Å². The summed E-state index contributed by atoms with van der Waals surface area (Å²) in [6.07, 6.45) is 0. The summed E-state index contributed by atoms with van der Waals surface area (Å²) in [4.78, 5) is 0. The molecule has 250 valence electrons. The van der Waals surface area contributed by atoms with Crippen molar-refractivity contribution in [3.63, 3.8) is 0 Å². The van der Waals surface area contributed by atoms with E-state index >= 15 is 0 Å². The Balaban J connectivity index is 1.11. The number of hydrogen-bond acceptors (Lipinski definition) is 0. The van der Waals surface area contributed by atoms with E-state index in [1.54, 1.807) is 0 Å². The molecule has 0 aliphatic heterocycles. The summed E-state index contributed by atoms with van der Waals surface area (Å²) in [5, 5.41) is 2.60. The molecule has 0 radical (unpaired) electrons. The molecule has 2 aliphatic rings. The molecule has 1 heterocycles. The first-order valence-corrected chi connectivity index (χ1v) is 18.7. The summed E-state index contributed by atoms with van der Waals surface area (Å²) in [5.74, 6) is 0. The van der Waals surface area contributed by atoms with Gasteiger partial charge in [-0.15, -0.1) is 0 Å². The van der Waals surface area contributed by atoms with E-state index in [0.717, 1.165) is 0 Å². The molecule has 1 nitrogen and oxygen atoms in total. The van der Waals surface area contributed by atoms with E-state index in [2.05, 4.69) is 206 Å². The maximum atomic E-state index is 2.48. The maximum Gasteiger partial charge on any atom is 0.0713 e. The highest BCUT2D eigenvalue weighted by Crippen LogP contribution is 2.57. The van der Waals surface area contributed by atoms with E-state index in [4.69, 9.17) is 0 Å². The van der Waals surface area contributed by atoms with Crippen molar-refractivity contribution in [1.29, 1.82) is 0 Å². The lowest BCUT2D eigenvalue weighted by molar-refractivity contribution is 0.661. The standard InChI is InChI=1S/C52H37N/c1-51(2)46-30-34(27-29-41(46)43-33-50-44(32-47(43)51)42-23-13-15-25-49(42)53(50)38-20-10-5-11-21-38)35-26-28-40-39-22-12-14-24-45(39)52(48(40)31-35,36-16-6-3-7-17-36)37-18-8-4-9-19-37/h3-33H,1-2H3. The van der Waals surface area contributed by atoms with Gasteiger partial charge in [-0.3, -0.25) is 0 Å². The molecule has 0 saturated carbocycles. The summed E-state index contributed by atoms with van der Waals surface area (Å²) < 4.78 is 2.43. The Morgan fingerprint density at radius 2 is 0.887 bits per heavy atom. The van der Waals surface area contributed by atoms with Gasteiger partial charge in [-0.25, -0.2) is 0 Å². The third kappa shape index (κ3) is 4.08. The highest BCUT2D eigenvalue weighted by Gasteiger charge is 2.46. The number of para-hydroxylation sites is 2. The Bertz CT molecular complexity index is 2850. The average Bonchev–Trinajstić information content (AvgIpc) is 3.79. The normalized spacial score (nSPS) is 14.5. The average molecular weight is 676 g/mol. The largest absolute Gasteiger partial charge is 0.309 e. The molecule has 0 fully saturated rings. The van der Waals surface area contributed by atoms with E-state index in [1.165, 1.54) is 94.3 Å². The first-order chi connectivity index (χ1) is 26.0. The van der Waals surface area contributed by atoms with E-state index < -0.39 is 5.41 Å². The van der Waals surface area contributed by atoms with Crippen LogP contribution in [0.3, 0.4) is 0 Å². The number of aromatic nitrogens is 1. The van der Waals surface area contributed by atoms with Crippen LogP contribution in [0.15, 0.2) is 188 Å². The summed E-state index contributed by atoms with van der Waals surface area (Å²) >= 11 is 0. The molecular weight excluding hydrogens is 639 g/mol. The van der Waals surface area contributed by atoms with Crippen LogP contribution in [0.5, 0.6) is 0 Å². The Labute approximate surface area is 310 Å². The second-order valence-corrected chi connectivity index (χ2v) is 15.3. The Morgan fingerprint density at radius 1 is 0.358 bits per heavy atom. The van der Waals surface area contributed by atoms with Crippen LogP contribution >= 0.6 is 0 Å². The highest BCUT2D eigenvalue weighted by molar-refractivity contribution is 6.11. The zero-order valence-corrected chi connectivity index (χ0v) is 29.8. The van der Waals surface area contributed by atoms with E-state index in [9.17, 15) is 0 Å². The van der Waals surface area contributed by atoms with Gasteiger partial charge in [0.15, 0.2) is 0 Å². The van der Waals surface area contributed by atoms with Gasteiger partial charge in [0.2, 0.25) is 0 Å². The van der Waals surface area contributed by atoms with Crippen LogP contribution < -0.4 is 0 Å². The zero-order valence-electron chi connectivity index (χ0n) is 29.8. The molecule has 0 amide bonds. The molecule has 0 bridgehead atoms. The summed E-state index contributed by atoms with van der Waals surface area (Å²) in [5.41, 5.74) is 18.9. The summed E-state index contributed by atoms with van der Waals surface area (Å²) in [6, 6.07) is 70.1. The fourth-order valence-electron chi connectivity index (χ4n) is 9.86. The second-order valence-electron chi connectivity index (χ2n) is 15.3. The topological polar surface area (TPSA) is 4.93 Å². The molecule has 1 heteroatoms. The van der Waals surface area contributed by atoms with Crippen LogP contribution in [0.25, 0.3) is 60.9 Å². The van der Waals surface area contributed by atoms with Crippen molar-refractivity contribution in [3.8, 4) is 39.1 Å². The number of rotatable bonds is 4. The van der Waals surface area contributed by atoms with Gasteiger partial charge >= 0.3 is 0 Å². The molecule has 0 spiro atoms. The Kier molecular flexibility index (Phi) is 6.29. The van der Waals surface area contributed by atoms with Gasteiger partial charge in [0.1, 0.15) is 0 Å². The second kappa shape index (κ2) is 11.0. The predicted molar refractivity (Wildman–Crippen MR) is 221 cm³/mol. The van der Waals surface area contributed by atoms with Gasteiger partial charge < -0.3 is 4.57 Å². The van der Waals surface area contributed by atoms with Gasteiger partial charge in [-0.1, -0.05) is 159 Å². The van der Waals surface area contributed by atoms with Crippen molar-refractivity contribution >= 4 is 21.8 Å². The van der Waals surface area contributed by atoms with Gasteiger partial charge in [0, 0.05) is 21.9 Å². The number of fused-ring (bicyclic) bond motifs is 9. The zero-order chi connectivity index (χ0) is 35.3. The van der Waals surface area contributed by atoms with Crippen molar-refractivity contribution < 1.29 is 0 Å². The molecule has 8 aromatic carbocycles. The molecule has 0 unspecified atom stereocenters. The monoisotopic (exact) mass is 675 g/mol. The molecular formula is C52H37N. The predicted octanol–water partition coefficient (Wildman–Crippen LogP) is 13.1. The molecule has 0 atom stereocenters. The van der Waals surface area contributed by atoms with Crippen molar-refractivity contribution in [2.24, 2.45) is 0 Å². The number of benzene rings is 8. The maximum absolute atomic E-state index is 2.48. The molecule has 11 rings (SSSR count). The van der Waals surface area contributed by atoms with Crippen LogP contribution in [-0.4, -0.2) is 4.57 Å². The molecule has 0 N–H and O–H groups in total. The Hall–Kier alpha value is -6.44. The Morgan fingerprint density at radius 3 is 1.58 bits per heavy atom. The first kappa shape index (κ1) is 30.2.